The Morgan fingerprint density at radius 2 is 1.72 bits per heavy atom. The second-order valence-electron chi connectivity index (χ2n) is 3.68. The molecule has 3 rings (SSSR count). The van der Waals surface area contributed by atoms with Crippen molar-refractivity contribution in [2.75, 3.05) is 5.73 Å². The Balaban J connectivity index is 1.74. The molecule has 90 valence electrons. The van der Waals surface area contributed by atoms with Crippen LogP contribution in [0.25, 0.3) is 10.2 Å². The van der Waals surface area contributed by atoms with E-state index in [4.69, 9.17) is 5.73 Å². The molecule has 0 radical (unpaired) electrons. The van der Waals surface area contributed by atoms with Crippen molar-refractivity contribution in [3.8, 4) is 0 Å². The van der Waals surface area contributed by atoms with Crippen molar-refractivity contribution in [1.82, 2.24) is 4.98 Å². The fraction of sp³-hybridized carbons (Fsp3) is 0. The molecule has 2 aromatic carbocycles. The van der Waals surface area contributed by atoms with Gasteiger partial charge >= 0.3 is 0 Å². The molecule has 2 N–H and O–H groups in total. The molecule has 2 nitrogen and oxygen atoms in total. The van der Waals surface area contributed by atoms with Crippen LogP contribution in [0.4, 0.5) is 5.69 Å². The van der Waals surface area contributed by atoms with Crippen LogP contribution in [0.2, 0.25) is 0 Å². The standard InChI is InChI=1S/C13H10N2S3/c14-9-5-7-10(8-6-9)17-18-13-15-11-3-1-2-4-12(11)16-13/h1-8H,14H2. The predicted molar refractivity (Wildman–Crippen MR) is 82.2 cm³/mol. The summed E-state index contributed by atoms with van der Waals surface area (Å²) < 4.78 is 2.32. The van der Waals surface area contributed by atoms with Crippen LogP contribution in [0.15, 0.2) is 57.8 Å². The van der Waals surface area contributed by atoms with Crippen LogP contribution in [0.5, 0.6) is 0 Å². The Kier molecular flexibility index (Phi) is 3.45. The number of aromatic nitrogens is 1. The van der Waals surface area contributed by atoms with E-state index in [0.717, 1.165) is 15.5 Å². The molecule has 5 heteroatoms. The van der Waals surface area contributed by atoms with Crippen molar-refractivity contribution in [1.29, 1.82) is 0 Å². The maximum atomic E-state index is 5.66. The van der Waals surface area contributed by atoms with E-state index < -0.39 is 0 Å². The molecule has 0 atom stereocenters. The van der Waals surface area contributed by atoms with Gasteiger partial charge in [0.1, 0.15) is 0 Å². The first kappa shape index (κ1) is 11.9. The summed E-state index contributed by atoms with van der Waals surface area (Å²) in [5, 5.41) is 0. The van der Waals surface area contributed by atoms with Crippen LogP contribution in [0.3, 0.4) is 0 Å². The highest BCUT2D eigenvalue weighted by atomic mass is 33.1. The van der Waals surface area contributed by atoms with E-state index in [1.807, 2.05) is 42.5 Å². The maximum absolute atomic E-state index is 5.66. The van der Waals surface area contributed by atoms with E-state index in [0.29, 0.717) is 0 Å². The van der Waals surface area contributed by atoms with Crippen molar-refractivity contribution in [2.45, 2.75) is 9.24 Å². The third-order valence-corrected chi connectivity index (χ3v) is 6.09. The van der Waals surface area contributed by atoms with Gasteiger partial charge in [-0.15, -0.1) is 11.3 Å². The Morgan fingerprint density at radius 1 is 0.944 bits per heavy atom. The van der Waals surface area contributed by atoms with Gasteiger partial charge in [0.15, 0.2) is 4.34 Å². The molecule has 0 saturated heterocycles. The number of nitrogen functional groups attached to an aromatic ring is 1. The van der Waals surface area contributed by atoms with Crippen LogP contribution in [-0.2, 0) is 0 Å². The van der Waals surface area contributed by atoms with E-state index in [1.54, 1.807) is 32.9 Å². The summed E-state index contributed by atoms with van der Waals surface area (Å²) in [4.78, 5) is 5.77. The van der Waals surface area contributed by atoms with Gasteiger partial charge in [0, 0.05) is 10.6 Å². The first-order chi connectivity index (χ1) is 8.81. The summed E-state index contributed by atoms with van der Waals surface area (Å²) >= 11 is 1.73. The maximum Gasteiger partial charge on any atom is 0.162 e. The van der Waals surface area contributed by atoms with Crippen molar-refractivity contribution in [3.05, 3.63) is 48.5 Å². The molecular formula is C13H10N2S3. The SMILES string of the molecule is Nc1ccc(SSc2nc3ccccc3s2)cc1. The van der Waals surface area contributed by atoms with Gasteiger partial charge in [0.2, 0.25) is 0 Å². The monoisotopic (exact) mass is 290 g/mol. The number of anilines is 1. The Bertz CT molecular complexity index is 628. The van der Waals surface area contributed by atoms with Crippen LogP contribution < -0.4 is 5.73 Å². The number of hydrogen-bond donors (Lipinski definition) is 1. The number of rotatable bonds is 3. The lowest BCUT2D eigenvalue weighted by Gasteiger charge is -1.98. The van der Waals surface area contributed by atoms with Crippen molar-refractivity contribution in [2.24, 2.45) is 0 Å². The van der Waals surface area contributed by atoms with E-state index >= 15 is 0 Å². The topological polar surface area (TPSA) is 38.9 Å². The summed E-state index contributed by atoms with van der Waals surface area (Å²) in [6.07, 6.45) is 0. The lowest BCUT2D eigenvalue weighted by Crippen LogP contribution is -1.81. The fourth-order valence-corrected chi connectivity index (χ4v) is 4.71. The van der Waals surface area contributed by atoms with Gasteiger partial charge < -0.3 is 5.73 Å². The van der Waals surface area contributed by atoms with Crippen molar-refractivity contribution < 1.29 is 0 Å². The van der Waals surface area contributed by atoms with Gasteiger partial charge in [-0.3, -0.25) is 0 Å². The minimum Gasteiger partial charge on any atom is -0.399 e. The predicted octanol–water partition coefficient (Wildman–Crippen LogP) is 4.68. The summed E-state index contributed by atoms with van der Waals surface area (Å²) in [6.45, 7) is 0. The molecular weight excluding hydrogens is 280 g/mol. The number of para-hydroxylation sites is 1. The average Bonchev–Trinajstić information content (AvgIpc) is 2.81. The zero-order chi connectivity index (χ0) is 12.4. The highest BCUT2D eigenvalue weighted by Crippen LogP contribution is 2.40. The highest BCUT2D eigenvalue weighted by molar-refractivity contribution is 8.77. The molecule has 0 aliphatic heterocycles. The van der Waals surface area contributed by atoms with Crippen LogP contribution >= 0.6 is 32.9 Å². The van der Waals surface area contributed by atoms with Gasteiger partial charge in [-0.2, -0.15) is 0 Å². The molecule has 0 aliphatic carbocycles. The van der Waals surface area contributed by atoms with Crippen molar-refractivity contribution in [3.63, 3.8) is 0 Å². The third-order valence-electron chi connectivity index (χ3n) is 2.36. The Hall–Kier alpha value is -1.17. The van der Waals surface area contributed by atoms with Gasteiger partial charge in [-0.25, -0.2) is 4.98 Å². The number of hydrogen-bond acceptors (Lipinski definition) is 5. The van der Waals surface area contributed by atoms with E-state index in [2.05, 4.69) is 11.1 Å². The first-order valence-corrected chi connectivity index (χ1v) is 8.33. The molecule has 0 aliphatic rings. The second-order valence-corrected chi connectivity index (χ2v) is 7.16. The summed E-state index contributed by atoms with van der Waals surface area (Å²) in [5.41, 5.74) is 7.53. The first-order valence-electron chi connectivity index (χ1n) is 5.37. The number of benzene rings is 2. The molecule has 0 amide bonds. The summed E-state index contributed by atoms with van der Waals surface area (Å²) in [6, 6.07) is 16.1. The van der Waals surface area contributed by atoms with Crippen molar-refractivity contribution >= 4 is 48.8 Å². The molecule has 0 spiro atoms. The Labute approximate surface area is 117 Å². The van der Waals surface area contributed by atoms with Gasteiger partial charge in [-0.05, 0) is 47.2 Å². The van der Waals surface area contributed by atoms with E-state index in [1.165, 1.54) is 9.60 Å². The molecule has 0 fully saturated rings. The number of nitrogens with zero attached hydrogens (tertiary/aromatic N) is 1. The van der Waals surface area contributed by atoms with Crippen LogP contribution in [-0.4, -0.2) is 4.98 Å². The molecule has 0 bridgehead atoms. The molecule has 18 heavy (non-hydrogen) atoms. The van der Waals surface area contributed by atoms with E-state index in [-0.39, 0.29) is 0 Å². The minimum atomic E-state index is 0.796. The molecule has 0 saturated carbocycles. The quantitative estimate of drug-likeness (QED) is 0.561. The van der Waals surface area contributed by atoms with Crippen LogP contribution in [0.1, 0.15) is 0 Å². The van der Waals surface area contributed by atoms with Gasteiger partial charge in [0.25, 0.3) is 0 Å². The summed E-state index contributed by atoms with van der Waals surface area (Å²) in [5.74, 6) is 0. The zero-order valence-corrected chi connectivity index (χ0v) is 11.8. The number of thiazole rings is 1. The molecule has 3 aromatic rings. The molecule has 0 unspecified atom stereocenters. The van der Waals surface area contributed by atoms with Crippen LogP contribution in [0, 0.1) is 0 Å². The third kappa shape index (κ3) is 2.63. The van der Waals surface area contributed by atoms with E-state index in [9.17, 15) is 0 Å². The number of fused-ring (bicyclic) bond motifs is 1. The molecule has 1 heterocycles. The largest absolute Gasteiger partial charge is 0.399 e. The number of nitrogens with two attached hydrogens (primary N) is 1. The Morgan fingerprint density at radius 3 is 2.50 bits per heavy atom. The smallest absolute Gasteiger partial charge is 0.162 e. The second kappa shape index (κ2) is 5.22. The lowest BCUT2D eigenvalue weighted by atomic mass is 10.3. The fourth-order valence-electron chi connectivity index (χ4n) is 1.49. The van der Waals surface area contributed by atoms with Gasteiger partial charge in [0.05, 0.1) is 10.2 Å². The normalized spacial score (nSPS) is 10.9. The highest BCUT2D eigenvalue weighted by Gasteiger charge is 2.04. The minimum absolute atomic E-state index is 0.796. The zero-order valence-electron chi connectivity index (χ0n) is 9.37. The lowest BCUT2D eigenvalue weighted by molar-refractivity contribution is 1.31. The average molecular weight is 290 g/mol. The molecule has 1 aromatic heterocycles. The van der Waals surface area contributed by atoms with Gasteiger partial charge in [-0.1, -0.05) is 22.9 Å². The summed E-state index contributed by atoms with van der Waals surface area (Å²) in [7, 11) is 3.39.